The van der Waals surface area contributed by atoms with Gasteiger partial charge in [-0.3, -0.25) is 14.7 Å². The van der Waals surface area contributed by atoms with Crippen molar-refractivity contribution in [1.29, 1.82) is 0 Å². The van der Waals surface area contributed by atoms with E-state index >= 15 is 0 Å². The molecule has 2 amide bonds. The van der Waals surface area contributed by atoms with E-state index in [9.17, 15) is 9.59 Å². The summed E-state index contributed by atoms with van der Waals surface area (Å²) in [4.78, 5) is 23.8. The number of halogens is 2. The summed E-state index contributed by atoms with van der Waals surface area (Å²) in [6.45, 7) is 0.341. The fraction of sp³-hybridized carbons (Fsp3) is 0.211. The Kier molecular flexibility index (Phi) is 4.76. The van der Waals surface area contributed by atoms with Crippen molar-refractivity contribution < 1.29 is 9.59 Å². The molecule has 1 aliphatic heterocycles. The Morgan fingerprint density at radius 1 is 1.19 bits per heavy atom. The van der Waals surface area contributed by atoms with E-state index in [-0.39, 0.29) is 17.7 Å². The summed E-state index contributed by atoms with van der Waals surface area (Å²) in [7, 11) is 0. The summed E-state index contributed by atoms with van der Waals surface area (Å²) in [5.74, 6) is -0.0114. The summed E-state index contributed by atoms with van der Waals surface area (Å²) >= 11 is 12.6. The number of piperidine rings is 1. The monoisotopic (exact) mass is 402 g/mol. The Hall–Kier alpha value is -2.57. The number of aromatic nitrogens is 2. The van der Waals surface area contributed by atoms with Crippen molar-refractivity contribution in [3.63, 3.8) is 0 Å². The highest BCUT2D eigenvalue weighted by molar-refractivity contribution is 6.39. The van der Waals surface area contributed by atoms with Crippen LogP contribution in [-0.2, 0) is 9.59 Å². The number of H-pyrrole nitrogens is 1. The Bertz CT molecular complexity index is 1020. The fourth-order valence-corrected chi connectivity index (χ4v) is 3.83. The molecule has 2 heterocycles. The highest BCUT2D eigenvalue weighted by Gasteiger charge is 2.25. The Balaban J connectivity index is 1.65. The van der Waals surface area contributed by atoms with Crippen molar-refractivity contribution in [1.82, 2.24) is 15.5 Å². The zero-order valence-electron chi connectivity index (χ0n) is 14.2. The van der Waals surface area contributed by atoms with Gasteiger partial charge in [0.05, 0.1) is 11.4 Å². The van der Waals surface area contributed by atoms with Gasteiger partial charge < -0.3 is 10.6 Å². The minimum absolute atomic E-state index is 0.0227. The van der Waals surface area contributed by atoms with E-state index in [1.54, 1.807) is 18.2 Å². The Morgan fingerprint density at radius 2 is 1.96 bits per heavy atom. The lowest BCUT2D eigenvalue weighted by molar-refractivity contribution is -0.126. The molecule has 3 aromatic rings. The number of aromatic amines is 1. The first-order valence-electron chi connectivity index (χ1n) is 8.53. The zero-order valence-corrected chi connectivity index (χ0v) is 15.7. The molecule has 0 saturated carbocycles. The number of benzene rings is 2. The molecule has 4 rings (SSSR count). The van der Waals surface area contributed by atoms with Crippen LogP contribution in [0.15, 0.2) is 36.4 Å². The summed E-state index contributed by atoms with van der Waals surface area (Å²) in [5.41, 5.74) is 2.35. The molecule has 0 bridgehead atoms. The first kappa shape index (κ1) is 17.8. The van der Waals surface area contributed by atoms with Crippen molar-refractivity contribution in [2.45, 2.75) is 12.8 Å². The molecule has 1 atom stereocenters. The van der Waals surface area contributed by atoms with E-state index in [4.69, 9.17) is 23.2 Å². The largest absolute Gasteiger partial charge is 0.355 e. The second kappa shape index (κ2) is 7.21. The molecule has 6 nitrogen and oxygen atoms in total. The van der Waals surface area contributed by atoms with E-state index < -0.39 is 0 Å². The highest BCUT2D eigenvalue weighted by atomic mass is 35.5. The molecule has 1 aromatic heterocycles. The molecule has 1 unspecified atom stereocenters. The van der Waals surface area contributed by atoms with Gasteiger partial charge in [0.1, 0.15) is 0 Å². The maximum absolute atomic E-state index is 12.5. The Labute approximate surface area is 165 Å². The molecule has 2 aromatic carbocycles. The fourth-order valence-electron chi connectivity index (χ4n) is 3.21. The Morgan fingerprint density at radius 3 is 2.67 bits per heavy atom. The van der Waals surface area contributed by atoms with Gasteiger partial charge >= 0.3 is 0 Å². The van der Waals surface area contributed by atoms with Gasteiger partial charge in [-0.2, -0.15) is 5.10 Å². The number of hydrogen-bond acceptors (Lipinski definition) is 3. The summed E-state index contributed by atoms with van der Waals surface area (Å²) < 4.78 is 0. The molecule has 27 heavy (non-hydrogen) atoms. The van der Waals surface area contributed by atoms with Gasteiger partial charge in [0.2, 0.25) is 11.8 Å². The van der Waals surface area contributed by atoms with Crippen LogP contribution in [0.5, 0.6) is 0 Å². The van der Waals surface area contributed by atoms with Crippen LogP contribution in [0.1, 0.15) is 12.8 Å². The average molecular weight is 403 g/mol. The number of carbonyl (C=O) groups excluding carboxylic acids is 2. The summed E-state index contributed by atoms with van der Waals surface area (Å²) in [6, 6.07) is 11.0. The molecule has 0 spiro atoms. The predicted octanol–water partition coefficient (Wildman–Crippen LogP) is 4.00. The van der Waals surface area contributed by atoms with Crippen molar-refractivity contribution in [2.75, 3.05) is 11.9 Å². The lowest BCUT2D eigenvalue weighted by Crippen LogP contribution is -2.40. The number of hydrogen-bond donors (Lipinski definition) is 3. The van der Waals surface area contributed by atoms with Crippen LogP contribution in [0.2, 0.25) is 10.0 Å². The second-order valence-electron chi connectivity index (χ2n) is 6.46. The average Bonchev–Trinajstić information content (AvgIpc) is 3.04. The van der Waals surface area contributed by atoms with Crippen molar-refractivity contribution in [3.8, 4) is 11.1 Å². The van der Waals surface area contributed by atoms with Crippen LogP contribution >= 0.6 is 23.2 Å². The molecule has 8 heteroatoms. The third kappa shape index (κ3) is 3.50. The van der Waals surface area contributed by atoms with Crippen LogP contribution < -0.4 is 10.6 Å². The van der Waals surface area contributed by atoms with Crippen molar-refractivity contribution >= 4 is 51.7 Å². The predicted molar refractivity (Wildman–Crippen MR) is 106 cm³/mol. The highest BCUT2D eigenvalue weighted by Crippen LogP contribution is 2.36. The quantitative estimate of drug-likeness (QED) is 0.618. The molecule has 138 valence electrons. The van der Waals surface area contributed by atoms with Gasteiger partial charge in [-0.15, -0.1) is 0 Å². The van der Waals surface area contributed by atoms with Gasteiger partial charge in [-0.25, -0.2) is 0 Å². The van der Waals surface area contributed by atoms with Gasteiger partial charge in [0, 0.05) is 34.0 Å². The molecule has 1 aliphatic rings. The second-order valence-corrected chi connectivity index (χ2v) is 7.27. The number of nitrogens with zero attached hydrogens (tertiary/aromatic N) is 1. The normalized spacial score (nSPS) is 17.0. The number of rotatable bonds is 3. The van der Waals surface area contributed by atoms with Crippen molar-refractivity contribution in [2.24, 2.45) is 5.92 Å². The van der Waals surface area contributed by atoms with Gasteiger partial charge in [0.25, 0.3) is 0 Å². The SMILES string of the molecule is O=C1CCC(C(=O)Nc2n[nH]c3ccc(-c4c(Cl)cccc4Cl)cc23)CN1. The van der Waals surface area contributed by atoms with Crippen LogP contribution in [0.25, 0.3) is 22.0 Å². The zero-order chi connectivity index (χ0) is 19.0. The minimum atomic E-state index is -0.268. The van der Waals surface area contributed by atoms with Crippen molar-refractivity contribution in [3.05, 3.63) is 46.4 Å². The maximum Gasteiger partial charge on any atom is 0.230 e. The summed E-state index contributed by atoms with van der Waals surface area (Å²) in [6.07, 6.45) is 0.884. The molecule has 0 aliphatic carbocycles. The van der Waals surface area contributed by atoms with E-state index in [0.29, 0.717) is 35.2 Å². The van der Waals surface area contributed by atoms with E-state index in [0.717, 1.165) is 22.0 Å². The van der Waals surface area contributed by atoms with Crippen LogP contribution in [0, 0.1) is 5.92 Å². The molecular weight excluding hydrogens is 387 g/mol. The first-order chi connectivity index (χ1) is 13.0. The summed E-state index contributed by atoms with van der Waals surface area (Å²) in [5, 5.41) is 14.6. The van der Waals surface area contributed by atoms with Crippen LogP contribution in [0.4, 0.5) is 5.82 Å². The number of nitrogens with one attached hydrogen (secondary N) is 3. The number of carbonyl (C=O) groups is 2. The number of anilines is 1. The molecule has 1 saturated heterocycles. The smallest absolute Gasteiger partial charge is 0.230 e. The van der Waals surface area contributed by atoms with Crippen LogP contribution in [-0.4, -0.2) is 28.6 Å². The lowest BCUT2D eigenvalue weighted by atomic mass is 9.98. The number of amides is 2. The molecular formula is C19H16Cl2N4O2. The van der Waals surface area contributed by atoms with Gasteiger partial charge in [-0.1, -0.05) is 35.3 Å². The minimum Gasteiger partial charge on any atom is -0.355 e. The van der Waals surface area contributed by atoms with Gasteiger partial charge in [0.15, 0.2) is 5.82 Å². The van der Waals surface area contributed by atoms with Crippen LogP contribution in [0.3, 0.4) is 0 Å². The standard InChI is InChI=1S/C19H16Cl2N4O2/c20-13-2-1-3-14(21)17(13)10-4-6-15-12(8-10)18(25-24-15)23-19(27)11-5-7-16(26)22-9-11/h1-4,6,8,11H,5,7,9H2,(H,22,26)(H2,23,24,25,27). The van der Waals surface area contributed by atoms with E-state index in [1.165, 1.54) is 0 Å². The van der Waals surface area contributed by atoms with E-state index in [2.05, 4.69) is 20.8 Å². The first-order valence-corrected chi connectivity index (χ1v) is 9.28. The van der Waals surface area contributed by atoms with Gasteiger partial charge in [-0.05, 0) is 36.2 Å². The topological polar surface area (TPSA) is 86.9 Å². The molecule has 1 fully saturated rings. The third-order valence-corrected chi connectivity index (χ3v) is 5.32. The molecule has 3 N–H and O–H groups in total. The lowest BCUT2D eigenvalue weighted by Gasteiger charge is -2.21. The molecule has 0 radical (unpaired) electrons. The van der Waals surface area contributed by atoms with E-state index in [1.807, 2.05) is 18.2 Å². The number of fused-ring (bicyclic) bond motifs is 1. The maximum atomic E-state index is 12.5. The third-order valence-electron chi connectivity index (χ3n) is 4.69.